The van der Waals surface area contributed by atoms with Crippen LogP contribution in [-0.2, 0) is 9.53 Å². The molecule has 1 unspecified atom stereocenters. The molecule has 0 fully saturated rings. The van der Waals surface area contributed by atoms with E-state index < -0.39 is 0 Å². The monoisotopic (exact) mass is 116 g/mol. The van der Waals surface area contributed by atoms with Crippen molar-refractivity contribution in [2.75, 3.05) is 6.61 Å². The molecule has 0 aromatic rings. The second-order valence-corrected chi connectivity index (χ2v) is 1.72. The van der Waals surface area contributed by atoms with Crippen LogP contribution in [0, 0.1) is 0 Å². The summed E-state index contributed by atoms with van der Waals surface area (Å²) in [5.74, 6) is 0. The molecule has 48 valence electrons. The predicted octanol–water partition coefficient (Wildman–Crippen LogP) is 1.00. The van der Waals surface area contributed by atoms with Crippen LogP contribution >= 0.6 is 0 Å². The normalized spacial score (nSPS) is 13.2. The lowest BCUT2D eigenvalue weighted by atomic mass is 10.3. The Labute approximate surface area is 49.8 Å². The first-order valence-corrected chi connectivity index (χ1v) is 2.86. The molecule has 0 bridgehead atoms. The maximum absolute atomic E-state index is 9.70. The van der Waals surface area contributed by atoms with Gasteiger partial charge in [0.25, 0.3) is 0 Å². The second-order valence-electron chi connectivity index (χ2n) is 1.72. The van der Waals surface area contributed by atoms with Crippen LogP contribution in [-0.4, -0.2) is 19.0 Å². The van der Waals surface area contributed by atoms with E-state index in [1.54, 1.807) is 0 Å². The highest BCUT2D eigenvalue weighted by Crippen LogP contribution is 1.92. The second kappa shape index (κ2) is 4.78. The standard InChI is InChI=1S/C6H12O2/c1-3-6(2)8-5-4-7/h4,6H,3,5H2,1-2H3. The Bertz CT molecular complexity index is 61.5. The van der Waals surface area contributed by atoms with E-state index in [0.29, 0.717) is 0 Å². The molecule has 0 aliphatic carbocycles. The molecular formula is C6H12O2. The van der Waals surface area contributed by atoms with E-state index in [1.807, 2.05) is 13.8 Å². The van der Waals surface area contributed by atoms with Gasteiger partial charge in [0.15, 0.2) is 0 Å². The van der Waals surface area contributed by atoms with Crippen molar-refractivity contribution in [3.8, 4) is 0 Å². The van der Waals surface area contributed by atoms with Gasteiger partial charge in [-0.2, -0.15) is 0 Å². The topological polar surface area (TPSA) is 26.3 Å². The summed E-state index contributed by atoms with van der Waals surface area (Å²) in [7, 11) is 0. The van der Waals surface area contributed by atoms with Crippen LogP contribution in [0.4, 0.5) is 0 Å². The molecule has 0 saturated heterocycles. The van der Waals surface area contributed by atoms with E-state index in [4.69, 9.17) is 4.74 Å². The first-order valence-electron chi connectivity index (χ1n) is 2.86. The van der Waals surface area contributed by atoms with Crippen molar-refractivity contribution in [3.05, 3.63) is 0 Å². The van der Waals surface area contributed by atoms with Crippen LogP contribution < -0.4 is 0 Å². The molecule has 0 aromatic carbocycles. The minimum absolute atomic E-state index is 0.222. The highest BCUT2D eigenvalue weighted by molar-refractivity contribution is 5.50. The first kappa shape index (κ1) is 7.63. The Balaban J connectivity index is 2.97. The van der Waals surface area contributed by atoms with E-state index in [1.165, 1.54) is 0 Å². The van der Waals surface area contributed by atoms with E-state index in [-0.39, 0.29) is 12.7 Å². The van der Waals surface area contributed by atoms with Gasteiger partial charge in [0.05, 0.1) is 6.10 Å². The van der Waals surface area contributed by atoms with Crippen LogP contribution in [0.3, 0.4) is 0 Å². The van der Waals surface area contributed by atoms with Gasteiger partial charge in [0, 0.05) is 0 Å². The van der Waals surface area contributed by atoms with Gasteiger partial charge in [0.2, 0.25) is 0 Å². The number of rotatable bonds is 4. The fourth-order valence-corrected chi connectivity index (χ4v) is 0.321. The van der Waals surface area contributed by atoms with Gasteiger partial charge in [0.1, 0.15) is 12.9 Å². The fourth-order valence-electron chi connectivity index (χ4n) is 0.321. The zero-order valence-electron chi connectivity index (χ0n) is 5.39. The van der Waals surface area contributed by atoms with Crippen LogP contribution in [0.5, 0.6) is 0 Å². The van der Waals surface area contributed by atoms with Crippen molar-refractivity contribution in [1.29, 1.82) is 0 Å². The third-order valence-electron chi connectivity index (χ3n) is 1.02. The average molecular weight is 116 g/mol. The highest BCUT2D eigenvalue weighted by atomic mass is 16.5. The SMILES string of the molecule is CCC(C)OCC=O. The number of hydrogen-bond acceptors (Lipinski definition) is 2. The molecule has 0 aliphatic rings. The van der Waals surface area contributed by atoms with Gasteiger partial charge in [-0.1, -0.05) is 6.92 Å². The van der Waals surface area contributed by atoms with Crippen molar-refractivity contribution in [2.24, 2.45) is 0 Å². The van der Waals surface area contributed by atoms with Crippen molar-refractivity contribution < 1.29 is 9.53 Å². The molecule has 0 heterocycles. The predicted molar refractivity (Wildman–Crippen MR) is 31.8 cm³/mol. The molecule has 8 heavy (non-hydrogen) atoms. The Kier molecular flexibility index (Phi) is 4.56. The molecule has 0 amide bonds. The zero-order chi connectivity index (χ0) is 6.41. The Morgan fingerprint density at radius 2 is 2.38 bits per heavy atom. The number of hydrogen-bond donors (Lipinski definition) is 0. The zero-order valence-corrected chi connectivity index (χ0v) is 5.39. The molecule has 0 N–H and O–H groups in total. The van der Waals surface area contributed by atoms with Crippen molar-refractivity contribution in [1.82, 2.24) is 0 Å². The summed E-state index contributed by atoms with van der Waals surface area (Å²) in [6, 6.07) is 0. The summed E-state index contributed by atoms with van der Waals surface area (Å²) in [4.78, 5) is 9.70. The molecule has 0 rings (SSSR count). The Hall–Kier alpha value is -0.370. The van der Waals surface area contributed by atoms with Crippen LogP contribution in [0.1, 0.15) is 20.3 Å². The molecule has 0 aliphatic heterocycles. The summed E-state index contributed by atoms with van der Waals surface area (Å²) in [6.45, 7) is 4.20. The Morgan fingerprint density at radius 3 is 2.75 bits per heavy atom. The molecule has 1 atom stereocenters. The van der Waals surface area contributed by atoms with Crippen LogP contribution in [0.25, 0.3) is 0 Å². The van der Waals surface area contributed by atoms with Gasteiger partial charge < -0.3 is 9.53 Å². The number of ether oxygens (including phenoxy) is 1. The molecular weight excluding hydrogens is 104 g/mol. The summed E-state index contributed by atoms with van der Waals surface area (Å²) in [5, 5.41) is 0. The van der Waals surface area contributed by atoms with Crippen LogP contribution in [0.15, 0.2) is 0 Å². The fraction of sp³-hybridized carbons (Fsp3) is 0.833. The highest BCUT2D eigenvalue weighted by Gasteiger charge is 1.94. The molecule has 2 nitrogen and oxygen atoms in total. The van der Waals surface area contributed by atoms with E-state index in [2.05, 4.69) is 0 Å². The summed E-state index contributed by atoms with van der Waals surface area (Å²) < 4.78 is 4.97. The lowest BCUT2D eigenvalue weighted by Gasteiger charge is -2.05. The molecule has 0 saturated carbocycles. The molecule has 0 radical (unpaired) electrons. The van der Waals surface area contributed by atoms with E-state index in [9.17, 15) is 4.79 Å². The minimum Gasteiger partial charge on any atom is -0.371 e. The third kappa shape index (κ3) is 3.81. The largest absolute Gasteiger partial charge is 0.371 e. The molecule has 2 heteroatoms. The number of carbonyl (C=O) groups is 1. The van der Waals surface area contributed by atoms with Gasteiger partial charge in [-0.25, -0.2) is 0 Å². The number of aldehydes is 1. The van der Waals surface area contributed by atoms with E-state index in [0.717, 1.165) is 12.7 Å². The van der Waals surface area contributed by atoms with Crippen molar-refractivity contribution in [3.63, 3.8) is 0 Å². The quantitative estimate of drug-likeness (QED) is 0.512. The molecule has 0 spiro atoms. The van der Waals surface area contributed by atoms with E-state index >= 15 is 0 Å². The Morgan fingerprint density at radius 1 is 1.75 bits per heavy atom. The first-order chi connectivity index (χ1) is 3.81. The number of carbonyl (C=O) groups excluding carboxylic acids is 1. The van der Waals surface area contributed by atoms with Crippen LogP contribution in [0.2, 0.25) is 0 Å². The average Bonchev–Trinajstić information content (AvgIpc) is 1.83. The van der Waals surface area contributed by atoms with Crippen molar-refractivity contribution >= 4 is 6.29 Å². The third-order valence-corrected chi connectivity index (χ3v) is 1.02. The smallest absolute Gasteiger partial charge is 0.145 e. The van der Waals surface area contributed by atoms with Gasteiger partial charge >= 0.3 is 0 Å². The lowest BCUT2D eigenvalue weighted by molar-refractivity contribution is -0.113. The van der Waals surface area contributed by atoms with Gasteiger partial charge in [-0.3, -0.25) is 0 Å². The molecule has 0 aromatic heterocycles. The minimum atomic E-state index is 0.222. The van der Waals surface area contributed by atoms with Gasteiger partial charge in [-0.05, 0) is 13.3 Å². The van der Waals surface area contributed by atoms with Gasteiger partial charge in [-0.15, -0.1) is 0 Å². The summed E-state index contributed by atoms with van der Waals surface area (Å²) in [5.41, 5.74) is 0. The summed E-state index contributed by atoms with van der Waals surface area (Å²) >= 11 is 0. The lowest BCUT2D eigenvalue weighted by Crippen LogP contribution is -2.07. The van der Waals surface area contributed by atoms with Crippen molar-refractivity contribution in [2.45, 2.75) is 26.4 Å². The maximum Gasteiger partial charge on any atom is 0.145 e. The summed E-state index contributed by atoms with van der Waals surface area (Å²) in [6.07, 6.45) is 1.96. The maximum atomic E-state index is 9.70.